The molecule has 2 aromatic carbocycles. The summed E-state index contributed by atoms with van der Waals surface area (Å²) in [6.07, 6.45) is -8.89. The lowest BCUT2D eigenvalue weighted by Gasteiger charge is -2.15. The van der Waals surface area contributed by atoms with Gasteiger partial charge in [-0.1, -0.05) is 18.2 Å². The molecule has 0 radical (unpaired) electrons. The van der Waals surface area contributed by atoms with Gasteiger partial charge in [0.15, 0.2) is 11.6 Å². The SMILES string of the molecule is Cc1ccc(-c2ccc(OC(F)C(F)(F)F)c(F)c2)c(F)c1. The van der Waals surface area contributed by atoms with Gasteiger partial charge in [0.2, 0.25) is 0 Å². The Morgan fingerprint density at radius 3 is 2.18 bits per heavy atom. The largest absolute Gasteiger partial charge is 0.457 e. The normalized spacial score (nSPS) is 13.0. The van der Waals surface area contributed by atoms with Crippen LogP contribution in [0.2, 0.25) is 0 Å². The molecule has 1 nitrogen and oxygen atoms in total. The lowest BCUT2D eigenvalue weighted by molar-refractivity contribution is -0.237. The van der Waals surface area contributed by atoms with Crippen LogP contribution in [-0.4, -0.2) is 12.5 Å². The fourth-order valence-electron chi connectivity index (χ4n) is 1.80. The highest BCUT2D eigenvalue weighted by atomic mass is 19.4. The summed E-state index contributed by atoms with van der Waals surface area (Å²) in [6.45, 7) is 1.67. The van der Waals surface area contributed by atoms with Gasteiger partial charge in [-0.15, -0.1) is 0 Å². The molecule has 0 spiro atoms. The molecule has 118 valence electrons. The number of alkyl halides is 4. The van der Waals surface area contributed by atoms with Crippen molar-refractivity contribution in [2.75, 3.05) is 0 Å². The van der Waals surface area contributed by atoms with E-state index in [0.717, 1.165) is 18.2 Å². The molecule has 1 unspecified atom stereocenters. The van der Waals surface area contributed by atoms with E-state index in [1.807, 2.05) is 0 Å². The van der Waals surface area contributed by atoms with Crippen LogP contribution in [0.25, 0.3) is 11.1 Å². The first kappa shape index (κ1) is 16.2. The van der Waals surface area contributed by atoms with Gasteiger partial charge in [0.1, 0.15) is 5.82 Å². The lowest BCUT2D eigenvalue weighted by atomic mass is 10.0. The van der Waals surface area contributed by atoms with Crippen molar-refractivity contribution in [2.24, 2.45) is 0 Å². The minimum Gasteiger partial charge on any atom is -0.449 e. The number of aryl methyl sites for hydroxylation is 1. The minimum absolute atomic E-state index is 0.0728. The van der Waals surface area contributed by atoms with Crippen molar-refractivity contribution in [3.05, 3.63) is 53.6 Å². The fourth-order valence-corrected chi connectivity index (χ4v) is 1.80. The second-order valence-corrected chi connectivity index (χ2v) is 4.60. The zero-order chi connectivity index (χ0) is 16.5. The molecule has 0 saturated heterocycles. The summed E-state index contributed by atoms with van der Waals surface area (Å²) >= 11 is 0. The monoisotopic (exact) mass is 320 g/mol. The predicted molar refractivity (Wildman–Crippen MR) is 68.1 cm³/mol. The Morgan fingerprint density at radius 1 is 0.955 bits per heavy atom. The molecule has 2 rings (SSSR count). The van der Waals surface area contributed by atoms with E-state index in [0.29, 0.717) is 5.56 Å². The Labute approximate surface area is 122 Å². The van der Waals surface area contributed by atoms with Gasteiger partial charge in [-0.2, -0.15) is 17.6 Å². The van der Waals surface area contributed by atoms with Crippen LogP contribution in [0, 0.1) is 18.6 Å². The summed E-state index contributed by atoms with van der Waals surface area (Å²) in [5.41, 5.74) is 0.834. The van der Waals surface area contributed by atoms with Crippen molar-refractivity contribution in [1.82, 2.24) is 0 Å². The average molecular weight is 320 g/mol. The van der Waals surface area contributed by atoms with E-state index >= 15 is 0 Å². The third kappa shape index (κ3) is 3.52. The summed E-state index contributed by atoms with van der Waals surface area (Å²) in [5, 5.41) is 0. The van der Waals surface area contributed by atoms with Gasteiger partial charge in [-0.3, -0.25) is 0 Å². The average Bonchev–Trinajstić information content (AvgIpc) is 2.40. The van der Waals surface area contributed by atoms with Gasteiger partial charge in [0, 0.05) is 5.56 Å². The highest BCUT2D eigenvalue weighted by Gasteiger charge is 2.42. The Balaban J connectivity index is 2.30. The van der Waals surface area contributed by atoms with Gasteiger partial charge in [0.25, 0.3) is 0 Å². The van der Waals surface area contributed by atoms with Crippen LogP contribution in [0.4, 0.5) is 26.3 Å². The number of ether oxygens (including phenoxy) is 1. The maximum atomic E-state index is 13.8. The number of halogens is 6. The van der Waals surface area contributed by atoms with E-state index in [9.17, 15) is 26.3 Å². The van der Waals surface area contributed by atoms with Crippen molar-refractivity contribution in [2.45, 2.75) is 19.5 Å². The molecule has 1 atom stereocenters. The number of rotatable bonds is 3. The molecule has 0 aliphatic carbocycles. The second-order valence-electron chi connectivity index (χ2n) is 4.60. The number of benzene rings is 2. The molecular weight excluding hydrogens is 310 g/mol. The molecule has 0 aliphatic heterocycles. The van der Waals surface area contributed by atoms with Gasteiger partial charge in [-0.25, -0.2) is 8.78 Å². The third-order valence-electron chi connectivity index (χ3n) is 2.86. The molecule has 0 fully saturated rings. The van der Waals surface area contributed by atoms with Gasteiger partial charge >= 0.3 is 12.5 Å². The van der Waals surface area contributed by atoms with E-state index in [4.69, 9.17) is 0 Å². The van der Waals surface area contributed by atoms with Crippen LogP contribution >= 0.6 is 0 Å². The fraction of sp³-hybridized carbons (Fsp3) is 0.200. The van der Waals surface area contributed by atoms with E-state index in [1.54, 1.807) is 13.0 Å². The molecule has 0 N–H and O–H groups in total. The number of hydrogen-bond donors (Lipinski definition) is 0. The van der Waals surface area contributed by atoms with Crippen LogP contribution in [0.1, 0.15) is 5.56 Å². The maximum Gasteiger partial charge on any atom is 0.457 e. The summed E-state index contributed by atoms with van der Waals surface area (Å²) in [7, 11) is 0. The predicted octanol–water partition coefficient (Wildman–Crippen LogP) is 5.18. The van der Waals surface area contributed by atoms with Crippen molar-refractivity contribution in [3.8, 4) is 16.9 Å². The standard InChI is InChI=1S/C15H10F6O/c1-8-2-4-10(11(16)6-8)9-3-5-13(12(17)7-9)22-14(18)15(19,20)21/h2-7,14H,1H3. The molecule has 0 saturated carbocycles. The highest BCUT2D eigenvalue weighted by Crippen LogP contribution is 2.31. The van der Waals surface area contributed by atoms with Crippen LogP contribution in [-0.2, 0) is 0 Å². The summed E-state index contributed by atoms with van der Waals surface area (Å²) in [4.78, 5) is 0. The van der Waals surface area contributed by atoms with Crippen LogP contribution in [0.5, 0.6) is 5.75 Å². The van der Waals surface area contributed by atoms with E-state index in [2.05, 4.69) is 4.74 Å². The molecule has 0 bridgehead atoms. The van der Waals surface area contributed by atoms with Crippen molar-refractivity contribution in [1.29, 1.82) is 0 Å². The van der Waals surface area contributed by atoms with Crippen LogP contribution < -0.4 is 4.74 Å². The van der Waals surface area contributed by atoms with E-state index < -0.39 is 29.9 Å². The molecule has 2 aromatic rings. The molecule has 7 heteroatoms. The van der Waals surface area contributed by atoms with Crippen molar-refractivity contribution in [3.63, 3.8) is 0 Å². The molecule has 0 aliphatic rings. The topological polar surface area (TPSA) is 9.23 Å². The Bertz CT molecular complexity index is 680. The second kappa shape index (κ2) is 5.90. The van der Waals surface area contributed by atoms with Crippen LogP contribution in [0.3, 0.4) is 0 Å². The smallest absolute Gasteiger partial charge is 0.449 e. The first-order valence-electron chi connectivity index (χ1n) is 6.12. The molecule has 0 amide bonds. The summed E-state index contributed by atoms with van der Waals surface area (Å²) < 4.78 is 80.2. The molecule has 0 aromatic heterocycles. The van der Waals surface area contributed by atoms with Crippen molar-refractivity contribution >= 4 is 0 Å². The Hall–Kier alpha value is -2.18. The Kier molecular flexibility index (Phi) is 4.35. The van der Waals surface area contributed by atoms with Gasteiger partial charge in [-0.05, 0) is 36.2 Å². The zero-order valence-electron chi connectivity index (χ0n) is 11.2. The molecular formula is C15H10F6O. The maximum absolute atomic E-state index is 13.8. The highest BCUT2D eigenvalue weighted by molar-refractivity contribution is 5.65. The van der Waals surface area contributed by atoms with E-state index in [-0.39, 0.29) is 11.1 Å². The Morgan fingerprint density at radius 2 is 1.64 bits per heavy atom. The first-order chi connectivity index (χ1) is 10.2. The summed E-state index contributed by atoms with van der Waals surface area (Å²) in [5.74, 6) is -2.72. The van der Waals surface area contributed by atoms with Crippen LogP contribution in [0.15, 0.2) is 36.4 Å². The quantitative estimate of drug-likeness (QED) is 0.708. The molecule has 0 heterocycles. The van der Waals surface area contributed by atoms with Gasteiger partial charge in [0.05, 0.1) is 0 Å². The van der Waals surface area contributed by atoms with E-state index in [1.165, 1.54) is 12.1 Å². The van der Waals surface area contributed by atoms with Gasteiger partial charge < -0.3 is 4.74 Å². The first-order valence-corrected chi connectivity index (χ1v) is 6.12. The minimum atomic E-state index is -5.26. The lowest BCUT2D eigenvalue weighted by Crippen LogP contribution is -2.30. The van der Waals surface area contributed by atoms with Crippen molar-refractivity contribution < 1.29 is 31.1 Å². The zero-order valence-corrected chi connectivity index (χ0v) is 11.2. The number of hydrogen-bond acceptors (Lipinski definition) is 1. The third-order valence-corrected chi connectivity index (χ3v) is 2.86. The molecule has 22 heavy (non-hydrogen) atoms. The summed E-state index contributed by atoms with van der Waals surface area (Å²) in [6, 6.07) is 7.00.